The Morgan fingerprint density at radius 2 is 1.20 bits per heavy atom. The van der Waals surface area contributed by atoms with Crippen molar-refractivity contribution in [1.29, 1.82) is 0 Å². The molecule has 0 fully saturated rings. The second-order valence-electron chi connectivity index (χ2n) is 6.97. The maximum Gasteiger partial charge on any atom is 0.310 e. The van der Waals surface area contributed by atoms with E-state index in [9.17, 15) is 9.59 Å². The highest BCUT2D eigenvalue weighted by atomic mass is 16.5. The van der Waals surface area contributed by atoms with Crippen LogP contribution in [0.1, 0.15) is 84.5 Å². The maximum absolute atomic E-state index is 12.3. The summed E-state index contributed by atoms with van der Waals surface area (Å²) in [6.45, 7) is 5.07. The molecule has 0 heterocycles. The number of hydrogen-bond donors (Lipinski definition) is 0. The lowest BCUT2D eigenvalue weighted by Crippen LogP contribution is -2.34. The van der Waals surface area contributed by atoms with Crippen LogP contribution in [0, 0.1) is 11.8 Å². The molecular weight excluding hydrogens is 316 g/mol. The fourth-order valence-corrected chi connectivity index (χ4v) is 3.16. The number of hydrogen-bond acceptors (Lipinski definition) is 4. The molecule has 1 rings (SSSR count). The van der Waals surface area contributed by atoms with Gasteiger partial charge in [0.2, 0.25) is 0 Å². The quantitative estimate of drug-likeness (QED) is 0.259. The molecule has 2 atom stereocenters. The van der Waals surface area contributed by atoms with Gasteiger partial charge in [-0.2, -0.15) is 0 Å². The van der Waals surface area contributed by atoms with Gasteiger partial charge in [-0.05, 0) is 25.7 Å². The van der Waals surface area contributed by atoms with Gasteiger partial charge in [-0.3, -0.25) is 9.59 Å². The Bertz CT molecular complexity index is 403. The molecule has 0 saturated carbocycles. The summed E-state index contributed by atoms with van der Waals surface area (Å²) in [4.78, 5) is 24.5. The molecule has 0 radical (unpaired) electrons. The van der Waals surface area contributed by atoms with E-state index >= 15 is 0 Å². The molecule has 0 bridgehead atoms. The molecule has 0 spiro atoms. The fourth-order valence-electron chi connectivity index (χ4n) is 3.16. The third-order valence-electron chi connectivity index (χ3n) is 4.73. The minimum atomic E-state index is -0.386. The molecule has 0 aromatic heterocycles. The molecule has 0 amide bonds. The second kappa shape index (κ2) is 13.9. The highest BCUT2D eigenvalue weighted by Gasteiger charge is 2.36. The van der Waals surface area contributed by atoms with E-state index in [4.69, 9.17) is 9.47 Å². The number of carbonyl (C=O) groups is 2. The van der Waals surface area contributed by atoms with Crippen LogP contribution in [-0.2, 0) is 19.1 Å². The Morgan fingerprint density at radius 1 is 0.720 bits per heavy atom. The summed E-state index contributed by atoms with van der Waals surface area (Å²) in [7, 11) is 0. The van der Waals surface area contributed by atoms with E-state index in [0.717, 1.165) is 19.3 Å². The smallest absolute Gasteiger partial charge is 0.310 e. The summed E-state index contributed by atoms with van der Waals surface area (Å²) in [5.41, 5.74) is 0. The Kier molecular flexibility index (Phi) is 12.1. The molecule has 1 aliphatic rings. The first kappa shape index (κ1) is 21.7. The van der Waals surface area contributed by atoms with E-state index in [0.29, 0.717) is 26.1 Å². The molecule has 144 valence electrons. The van der Waals surface area contributed by atoms with Gasteiger partial charge >= 0.3 is 11.9 Å². The van der Waals surface area contributed by atoms with E-state index in [2.05, 4.69) is 6.92 Å². The highest BCUT2D eigenvalue weighted by molar-refractivity contribution is 5.82. The monoisotopic (exact) mass is 352 g/mol. The summed E-state index contributed by atoms with van der Waals surface area (Å²) in [6.07, 6.45) is 15.6. The Morgan fingerprint density at radius 3 is 1.72 bits per heavy atom. The Labute approximate surface area is 153 Å². The number of carbonyl (C=O) groups excluding carboxylic acids is 2. The summed E-state index contributed by atoms with van der Waals surface area (Å²) < 4.78 is 10.7. The van der Waals surface area contributed by atoms with Gasteiger partial charge in [0.25, 0.3) is 0 Å². The first-order chi connectivity index (χ1) is 12.2. The van der Waals surface area contributed by atoms with Crippen molar-refractivity contribution in [3.63, 3.8) is 0 Å². The topological polar surface area (TPSA) is 52.6 Å². The van der Waals surface area contributed by atoms with Crippen molar-refractivity contribution in [3.8, 4) is 0 Å². The minimum Gasteiger partial charge on any atom is -0.465 e. The zero-order chi connectivity index (χ0) is 18.3. The zero-order valence-electron chi connectivity index (χ0n) is 16.1. The third kappa shape index (κ3) is 9.08. The van der Waals surface area contributed by atoms with Gasteiger partial charge in [0.1, 0.15) is 0 Å². The standard InChI is InChI=1S/C21H36O4/c1-3-5-6-7-8-9-10-13-17-25-21(23)19-15-12-11-14-18(19)20(22)24-16-4-2/h11-12,18-19H,3-10,13-17H2,1-2H3. The molecular formula is C21H36O4. The first-order valence-electron chi connectivity index (χ1n) is 10.2. The van der Waals surface area contributed by atoms with Gasteiger partial charge < -0.3 is 9.47 Å². The van der Waals surface area contributed by atoms with Crippen LogP contribution in [-0.4, -0.2) is 25.2 Å². The van der Waals surface area contributed by atoms with Crippen LogP contribution in [0.2, 0.25) is 0 Å². The van der Waals surface area contributed by atoms with Gasteiger partial charge in [0, 0.05) is 0 Å². The predicted molar refractivity (Wildman–Crippen MR) is 100 cm³/mol. The maximum atomic E-state index is 12.3. The van der Waals surface area contributed by atoms with E-state index in [-0.39, 0.29) is 23.8 Å². The van der Waals surface area contributed by atoms with Crippen LogP contribution in [0.25, 0.3) is 0 Å². The summed E-state index contributed by atoms with van der Waals surface area (Å²) >= 11 is 0. The lowest BCUT2D eigenvalue weighted by atomic mass is 9.83. The zero-order valence-corrected chi connectivity index (χ0v) is 16.1. The molecule has 25 heavy (non-hydrogen) atoms. The van der Waals surface area contributed by atoms with Crippen molar-refractivity contribution < 1.29 is 19.1 Å². The highest BCUT2D eigenvalue weighted by Crippen LogP contribution is 2.28. The lowest BCUT2D eigenvalue weighted by Gasteiger charge is -2.25. The van der Waals surface area contributed by atoms with Crippen LogP contribution in [0.15, 0.2) is 12.2 Å². The molecule has 0 N–H and O–H groups in total. The predicted octanol–water partition coefficient (Wildman–Crippen LogP) is 5.21. The summed E-state index contributed by atoms with van der Waals surface area (Å²) in [5, 5.41) is 0. The molecule has 4 nitrogen and oxygen atoms in total. The molecule has 2 unspecified atom stereocenters. The van der Waals surface area contributed by atoms with Gasteiger partial charge in [-0.15, -0.1) is 0 Å². The third-order valence-corrected chi connectivity index (χ3v) is 4.73. The van der Waals surface area contributed by atoms with E-state index in [1.54, 1.807) is 0 Å². The van der Waals surface area contributed by atoms with Gasteiger partial charge in [0.15, 0.2) is 0 Å². The van der Waals surface area contributed by atoms with E-state index in [1.165, 1.54) is 38.5 Å². The number of unbranched alkanes of at least 4 members (excludes halogenated alkanes) is 7. The lowest BCUT2D eigenvalue weighted by molar-refractivity contribution is -0.161. The first-order valence-corrected chi connectivity index (χ1v) is 10.2. The van der Waals surface area contributed by atoms with Crippen molar-refractivity contribution in [2.24, 2.45) is 11.8 Å². The SMILES string of the molecule is CCCCCCCCCCOC(=O)C1CC=CCC1C(=O)OCCC. The van der Waals surface area contributed by atoms with Crippen molar-refractivity contribution in [2.75, 3.05) is 13.2 Å². The molecule has 0 aliphatic heterocycles. The molecule has 0 aromatic rings. The normalized spacial score (nSPS) is 19.6. The van der Waals surface area contributed by atoms with Crippen molar-refractivity contribution in [1.82, 2.24) is 0 Å². The Balaban J connectivity index is 2.21. The van der Waals surface area contributed by atoms with Crippen LogP contribution >= 0.6 is 0 Å². The second-order valence-corrected chi connectivity index (χ2v) is 6.97. The number of ether oxygens (including phenoxy) is 2. The average molecular weight is 353 g/mol. The minimum absolute atomic E-state index is 0.245. The fraction of sp³-hybridized carbons (Fsp3) is 0.810. The van der Waals surface area contributed by atoms with Crippen molar-refractivity contribution >= 4 is 11.9 Å². The van der Waals surface area contributed by atoms with Crippen molar-refractivity contribution in [2.45, 2.75) is 84.5 Å². The summed E-state index contributed by atoms with van der Waals surface area (Å²) in [6, 6.07) is 0. The van der Waals surface area contributed by atoms with E-state index in [1.807, 2.05) is 19.1 Å². The molecule has 0 aromatic carbocycles. The van der Waals surface area contributed by atoms with E-state index < -0.39 is 0 Å². The number of allylic oxidation sites excluding steroid dienone is 2. The van der Waals surface area contributed by atoms with Gasteiger partial charge in [-0.25, -0.2) is 0 Å². The number of rotatable bonds is 13. The van der Waals surface area contributed by atoms with Crippen LogP contribution in [0.5, 0.6) is 0 Å². The van der Waals surface area contributed by atoms with Crippen LogP contribution in [0.3, 0.4) is 0 Å². The summed E-state index contributed by atoms with van der Waals surface area (Å²) in [5.74, 6) is -1.28. The molecule has 0 saturated heterocycles. The van der Waals surface area contributed by atoms with Gasteiger partial charge in [0.05, 0.1) is 25.0 Å². The largest absolute Gasteiger partial charge is 0.465 e. The number of esters is 2. The average Bonchev–Trinajstić information content (AvgIpc) is 2.64. The Hall–Kier alpha value is -1.32. The van der Waals surface area contributed by atoms with Crippen LogP contribution < -0.4 is 0 Å². The van der Waals surface area contributed by atoms with Crippen molar-refractivity contribution in [3.05, 3.63) is 12.2 Å². The van der Waals surface area contributed by atoms with Crippen LogP contribution in [0.4, 0.5) is 0 Å². The molecule has 4 heteroatoms. The molecule has 1 aliphatic carbocycles. The van der Waals surface area contributed by atoms with Gasteiger partial charge in [-0.1, -0.05) is 70.9 Å².